The van der Waals surface area contributed by atoms with Gasteiger partial charge in [0.15, 0.2) is 0 Å². The number of aryl methyl sites for hydroxylation is 3. The van der Waals surface area contributed by atoms with E-state index in [1.807, 2.05) is 16.4 Å². The molecule has 112 valence electrons. The van der Waals surface area contributed by atoms with Gasteiger partial charge in [0.2, 0.25) is 0 Å². The first-order valence-corrected chi connectivity index (χ1v) is 7.44. The molecule has 5 heteroatoms. The second-order valence-corrected chi connectivity index (χ2v) is 6.10. The number of nitrogens with zero attached hydrogens (tertiary/aromatic N) is 3. The summed E-state index contributed by atoms with van der Waals surface area (Å²) in [5, 5.41) is 1.17. The number of H-pyrrole nitrogens is 1. The van der Waals surface area contributed by atoms with E-state index in [0.717, 1.165) is 22.6 Å². The maximum atomic E-state index is 12.8. The van der Waals surface area contributed by atoms with E-state index in [1.54, 1.807) is 6.33 Å². The SMILES string of the molecule is Cc1cc(C)c2cc3n(c2c1)C(=O)N(Cc1nc[nH]c1C)C3. The first-order valence-electron chi connectivity index (χ1n) is 7.44. The summed E-state index contributed by atoms with van der Waals surface area (Å²) >= 11 is 0. The Morgan fingerprint density at radius 1 is 1.23 bits per heavy atom. The average Bonchev–Trinajstić information content (AvgIpc) is 3.09. The highest BCUT2D eigenvalue weighted by Gasteiger charge is 2.30. The Balaban J connectivity index is 1.75. The number of aromatic nitrogens is 3. The fourth-order valence-electron chi connectivity index (χ4n) is 3.31. The van der Waals surface area contributed by atoms with Crippen LogP contribution in [0.2, 0.25) is 0 Å². The Hall–Kier alpha value is -2.56. The highest BCUT2D eigenvalue weighted by molar-refractivity contribution is 5.96. The lowest BCUT2D eigenvalue weighted by atomic mass is 10.1. The van der Waals surface area contributed by atoms with E-state index in [9.17, 15) is 4.79 Å². The van der Waals surface area contributed by atoms with Crippen molar-refractivity contribution in [1.29, 1.82) is 0 Å². The molecule has 1 aromatic carbocycles. The maximum absolute atomic E-state index is 12.8. The molecule has 1 aliphatic heterocycles. The van der Waals surface area contributed by atoms with Crippen LogP contribution in [0.15, 0.2) is 24.5 Å². The van der Waals surface area contributed by atoms with Crippen LogP contribution in [0, 0.1) is 20.8 Å². The van der Waals surface area contributed by atoms with Crippen molar-refractivity contribution in [3.63, 3.8) is 0 Å². The maximum Gasteiger partial charge on any atom is 0.329 e. The normalized spacial score (nSPS) is 14.1. The summed E-state index contributed by atoms with van der Waals surface area (Å²) in [6.45, 7) is 7.32. The van der Waals surface area contributed by atoms with Crippen molar-refractivity contribution >= 4 is 16.9 Å². The van der Waals surface area contributed by atoms with E-state index < -0.39 is 0 Å². The minimum atomic E-state index is 0.0393. The topological polar surface area (TPSA) is 53.9 Å². The predicted molar refractivity (Wildman–Crippen MR) is 84.8 cm³/mol. The van der Waals surface area contributed by atoms with Gasteiger partial charge in [0.1, 0.15) is 0 Å². The third-order valence-electron chi connectivity index (χ3n) is 4.44. The molecule has 0 unspecified atom stereocenters. The number of carbonyl (C=O) groups excluding carboxylic acids is 1. The van der Waals surface area contributed by atoms with Crippen LogP contribution in [0.4, 0.5) is 4.79 Å². The summed E-state index contributed by atoms with van der Waals surface area (Å²) < 4.78 is 1.84. The Morgan fingerprint density at radius 2 is 2.05 bits per heavy atom. The molecule has 0 saturated heterocycles. The van der Waals surface area contributed by atoms with Gasteiger partial charge >= 0.3 is 6.03 Å². The van der Waals surface area contributed by atoms with E-state index in [4.69, 9.17) is 0 Å². The molecule has 0 radical (unpaired) electrons. The largest absolute Gasteiger partial charge is 0.348 e. The molecule has 1 aliphatic rings. The van der Waals surface area contributed by atoms with Gasteiger partial charge < -0.3 is 9.88 Å². The van der Waals surface area contributed by atoms with Gasteiger partial charge in [0.25, 0.3) is 0 Å². The van der Waals surface area contributed by atoms with Gasteiger partial charge in [-0.05, 0) is 44.0 Å². The summed E-state index contributed by atoms with van der Waals surface area (Å²) in [4.78, 5) is 22.0. The van der Waals surface area contributed by atoms with Crippen molar-refractivity contribution in [2.24, 2.45) is 0 Å². The molecule has 4 rings (SSSR count). The lowest BCUT2D eigenvalue weighted by Crippen LogP contribution is -2.26. The lowest BCUT2D eigenvalue weighted by Gasteiger charge is -2.14. The molecule has 0 atom stereocenters. The Kier molecular flexibility index (Phi) is 2.66. The fraction of sp³-hybridized carbons (Fsp3) is 0.294. The van der Waals surface area contributed by atoms with Crippen LogP contribution in [0.5, 0.6) is 0 Å². The minimum absolute atomic E-state index is 0.0393. The Labute approximate surface area is 128 Å². The first kappa shape index (κ1) is 13.1. The smallest absolute Gasteiger partial charge is 0.329 e. The van der Waals surface area contributed by atoms with Gasteiger partial charge in [-0.2, -0.15) is 0 Å². The highest BCUT2D eigenvalue weighted by atomic mass is 16.2. The van der Waals surface area contributed by atoms with Gasteiger partial charge in [-0.15, -0.1) is 0 Å². The van der Waals surface area contributed by atoms with Gasteiger partial charge in [-0.25, -0.2) is 9.78 Å². The molecule has 0 bridgehead atoms. The van der Waals surface area contributed by atoms with Gasteiger partial charge in [-0.3, -0.25) is 4.57 Å². The van der Waals surface area contributed by atoms with Crippen molar-refractivity contribution in [2.45, 2.75) is 33.9 Å². The first-order chi connectivity index (χ1) is 10.5. The molecule has 1 N–H and O–H groups in total. The second-order valence-electron chi connectivity index (χ2n) is 6.10. The molecule has 22 heavy (non-hydrogen) atoms. The zero-order valence-electron chi connectivity index (χ0n) is 13.0. The van der Waals surface area contributed by atoms with Crippen molar-refractivity contribution in [3.8, 4) is 0 Å². The van der Waals surface area contributed by atoms with E-state index in [-0.39, 0.29) is 6.03 Å². The van der Waals surface area contributed by atoms with E-state index in [1.165, 1.54) is 16.5 Å². The van der Waals surface area contributed by atoms with Crippen molar-refractivity contribution in [3.05, 3.63) is 52.7 Å². The van der Waals surface area contributed by atoms with E-state index in [0.29, 0.717) is 13.1 Å². The van der Waals surface area contributed by atoms with E-state index >= 15 is 0 Å². The molecule has 0 aliphatic carbocycles. The Bertz CT molecular complexity index is 903. The van der Waals surface area contributed by atoms with Crippen LogP contribution < -0.4 is 0 Å². The molecule has 0 fully saturated rings. The molecule has 0 saturated carbocycles. The summed E-state index contributed by atoms with van der Waals surface area (Å²) in [7, 11) is 0. The van der Waals surface area contributed by atoms with Crippen LogP contribution in [0.25, 0.3) is 10.9 Å². The molecular formula is C17H18N4O. The van der Waals surface area contributed by atoms with Crippen LogP contribution in [0.1, 0.15) is 28.2 Å². The van der Waals surface area contributed by atoms with Crippen LogP contribution in [-0.2, 0) is 13.1 Å². The van der Waals surface area contributed by atoms with Crippen LogP contribution >= 0.6 is 0 Å². The summed E-state index contributed by atoms with van der Waals surface area (Å²) in [5.74, 6) is 0. The number of amides is 1. The lowest BCUT2D eigenvalue weighted by molar-refractivity contribution is 0.207. The predicted octanol–water partition coefficient (Wildman–Crippen LogP) is 3.27. The summed E-state index contributed by atoms with van der Waals surface area (Å²) in [6, 6.07) is 6.43. The fourth-order valence-corrected chi connectivity index (χ4v) is 3.31. The number of carbonyl (C=O) groups is 1. The number of benzene rings is 1. The molecule has 2 aromatic heterocycles. The van der Waals surface area contributed by atoms with Crippen molar-refractivity contribution in [2.75, 3.05) is 0 Å². The number of hydrogen-bond donors (Lipinski definition) is 1. The van der Waals surface area contributed by atoms with E-state index in [2.05, 4.69) is 42.0 Å². The van der Waals surface area contributed by atoms with Gasteiger partial charge in [0.05, 0.1) is 30.6 Å². The number of rotatable bonds is 2. The summed E-state index contributed by atoms with van der Waals surface area (Å²) in [5.41, 5.74) is 6.41. The highest BCUT2D eigenvalue weighted by Crippen LogP contribution is 2.30. The van der Waals surface area contributed by atoms with Crippen molar-refractivity contribution in [1.82, 2.24) is 19.4 Å². The zero-order chi connectivity index (χ0) is 15.4. The number of nitrogens with one attached hydrogen (secondary N) is 1. The van der Waals surface area contributed by atoms with Gasteiger partial charge in [-0.1, -0.05) is 6.07 Å². The summed E-state index contributed by atoms with van der Waals surface area (Å²) in [6.07, 6.45) is 1.67. The molecule has 3 heterocycles. The van der Waals surface area contributed by atoms with Crippen LogP contribution in [0.3, 0.4) is 0 Å². The number of fused-ring (bicyclic) bond motifs is 3. The Morgan fingerprint density at radius 3 is 2.77 bits per heavy atom. The number of aromatic amines is 1. The van der Waals surface area contributed by atoms with Gasteiger partial charge in [0, 0.05) is 16.8 Å². The average molecular weight is 294 g/mol. The molecule has 1 amide bonds. The molecule has 3 aromatic rings. The number of hydrogen-bond acceptors (Lipinski definition) is 2. The number of imidazole rings is 1. The minimum Gasteiger partial charge on any atom is -0.348 e. The van der Waals surface area contributed by atoms with Crippen LogP contribution in [-0.4, -0.2) is 25.5 Å². The molecule has 0 spiro atoms. The van der Waals surface area contributed by atoms with Crippen molar-refractivity contribution < 1.29 is 4.79 Å². The molecule has 5 nitrogen and oxygen atoms in total. The monoisotopic (exact) mass is 294 g/mol. The molecular weight excluding hydrogens is 276 g/mol. The zero-order valence-corrected chi connectivity index (χ0v) is 13.0. The third-order valence-corrected chi connectivity index (χ3v) is 4.44. The second kappa shape index (κ2) is 4.47. The quantitative estimate of drug-likeness (QED) is 0.788. The third kappa shape index (κ3) is 1.78. The standard InChI is InChI=1S/C17H18N4O/c1-10-4-11(2)14-6-13-7-20(8-15-12(3)18-9-19-15)17(22)21(13)16(14)5-10/h4-6,9H,7-8H2,1-3H3,(H,18,19).